The number of hydrogen-bond acceptors (Lipinski definition) is 4. The van der Waals surface area contributed by atoms with Gasteiger partial charge in [0.1, 0.15) is 5.25 Å². The molecule has 0 unspecified atom stereocenters. The summed E-state index contributed by atoms with van der Waals surface area (Å²) in [6.07, 6.45) is 2.94. The maximum atomic E-state index is 13.2. The summed E-state index contributed by atoms with van der Waals surface area (Å²) in [5.41, 5.74) is 1.54. The van der Waals surface area contributed by atoms with Gasteiger partial charge in [0, 0.05) is 12.6 Å². The molecule has 1 atom stereocenters. The van der Waals surface area contributed by atoms with Crippen molar-refractivity contribution in [3.05, 3.63) is 70.5 Å². The van der Waals surface area contributed by atoms with Crippen LogP contribution in [-0.4, -0.2) is 21.5 Å². The molecular weight excluding hydrogens is 394 g/mol. The molecule has 6 heteroatoms. The van der Waals surface area contributed by atoms with Crippen LogP contribution in [0.1, 0.15) is 43.9 Å². The average molecular weight is 422 g/mol. The fraction of sp³-hybridized carbons (Fsp3) is 0.375. The van der Waals surface area contributed by atoms with Crippen molar-refractivity contribution in [1.29, 1.82) is 0 Å². The van der Waals surface area contributed by atoms with Gasteiger partial charge in [-0.2, -0.15) is 0 Å². The van der Waals surface area contributed by atoms with Crippen LogP contribution in [0.25, 0.3) is 10.9 Å². The van der Waals surface area contributed by atoms with Crippen molar-refractivity contribution in [1.82, 2.24) is 14.9 Å². The van der Waals surface area contributed by atoms with Gasteiger partial charge in [-0.1, -0.05) is 68.1 Å². The lowest BCUT2D eigenvalue weighted by atomic mass is 10.1. The molecule has 1 fully saturated rings. The number of nitrogens with zero attached hydrogens (tertiary/aromatic N) is 2. The van der Waals surface area contributed by atoms with Gasteiger partial charge < -0.3 is 5.32 Å². The van der Waals surface area contributed by atoms with Crippen LogP contribution < -0.4 is 10.9 Å². The standard InChI is InChI=1S/C24H27N3O2S/c1-16(2)14-15-27-23(29)19-10-6-7-11-20(19)26-24(27)30-21(17-8-4-3-5-9-17)22(28)25-18-12-13-18/h3-11,16,18,21H,12-15H2,1-2H3,(H,25,28)/t21-/m1/s1. The van der Waals surface area contributed by atoms with E-state index >= 15 is 0 Å². The second-order valence-electron chi connectivity index (χ2n) is 8.24. The van der Waals surface area contributed by atoms with Crippen molar-refractivity contribution in [2.45, 2.75) is 56.1 Å². The summed E-state index contributed by atoms with van der Waals surface area (Å²) >= 11 is 1.37. The molecule has 1 heterocycles. The molecule has 3 aromatic rings. The van der Waals surface area contributed by atoms with E-state index in [1.165, 1.54) is 11.8 Å². The van der Waals surface area contributed by atoms with Gasteiger partial charge in [0.15, 0.2) is 5.16 Å². The summed E-state index contributed by atoms with van der Waals surface area (Å²) in [4.78, 5) is 31.1. The Morgan fingerprint density at radius 3 is 2.53 bits per heavy atom. The fourth-order valence-corrected chi connectivity index (χ4v) is 4.46. The second-order valence-corrected chi connectivity index (χ2v) is 9.31. The minimum absolute atomic E-state index is 0.0217. The van der Waals surface area contributed by atoms with Crippen molar-refractivity contribution in [3.8, 4) is 0 Å². The Bertz CT molecular complexity index is 1090. The van der Waals surface area contributed by atoms with E-state index in [0.29, 0.717) is 28.5 Å². The van der Waals surface area contributed by atoms with Gasteiger partial charge in [-0.25, -0.2) is 4.98 Å². The van der Waals surface area contributed by atoms with Crippen LogP contribution in [0.2, 0.25) is 0 Å². The van der Waals surface area contributed by atoms with E-state index in [0.717, 1.165) is 24.8 Å². The van der Waals surface area contributed by atoms with Crippen molar-refractivity contribution >= 4 is 28.6 Å². The molecule has 4 rings (SSSR count). The Morgan fingerprint density at radius 2 is 1.83 bits per heavy atom. The van der Waals surface area contributed by atoms with Crippen LogP contribution in [0.15, 0.2) is 64.5 Å². The topological polar surface area (TPSA) is 64.0 Å². The van der Waals surface area contributed by atoms with Gasteiger partial charge in [-0.3, -0.25) is 14.2 Å². The summed E-state index contributed by atoms with van der Waals surface area (Å²) in [5, 5.41) is 3.88. The summed E-state index contributed by atoms with van der Waals surface area (Å²) in [7, 11) is 0. The third kappa shape index (κ3) is 4.75. The van der Waals surface area contributed by atoms with E-state index < -0.39 is 5.25 Å². The van der Waals surface area contributed by atoms with Gasteiger partial charge >= 0.3 is 0 Å². The van der Waals surface area contributed by atoms with Gasteiger partial charge in [0.05, 0.1) is 10.9 Å². The zero-order chi connectivity index (χ0) is 21.1. The Balaban J connectivity index is 1.75. The van der Waals surface area contributed by atoms with Crippen LogP contribution in [0, 0.1) is 5.92 Å². The van der Waals surface area contributed by atoms with Crippen molar-refractivity contribution < 1.29 is 4.79 Å². The third-order valence-corrected chi connectivity index (χ3v) is 6.49. The lowest BCUT2D eigenvalue weighted by Gasteiger charge is -2.20. The maximum Gasteiger partial charge on any atom is 0.262 e. The number of amides is 1. The molecule has 1 amide bonds. The molecule has 0 aliphatic heterocycles. The van der Waals surface area contributed by atoms with E-state index in [1.807, 2.05) is 54.6 Å². The Kier molecular flexibility index (Phi) is 6.23. The van der Waals surface area contributed by atoms with E-state index in [1.54, 1.807) is 4.57 Å². The highest BCUT2D eigenvalue weighted by atomic mass is 32.2. The second kappa shape index (κ2) is 9.04. The fourth-order valence-electron chi connectivity index (χ4n) is 3.33. The molecule has 0 spiro atoms. The largest absolute Gasteiger partial charge is 0.352 e. The number of carbonyl (C=O) groups excluding carboxylic acids is 1. The van der Waals surface area contributed by atoms with Gasteiger partial charge in [0.2, 0.25) is 5.91 Å². The van der Waals surface area contributed by atoms with Gasteiger partial charge in [0.25, 0.3) is 5.56 Å². The number of thioether (sulfide) groups is 1. The van der Waals surface area contributed by atoms with E-state index in [-0.39, 0.29) is 17.5 Å². The zero-order valence-corrected chi connectivity index (χ0v) is 18.2. The number of fused-ring (bicyclic) bond motifs is 1. The minimum Gasteiger partial charge on any atom is -0.352 e. The first kappa shape index (κ1) is 20.7. The van der Waals surface area contributed by atoms with Crippen molar-refractivity contribution in [2.75, 3.05) is 0 Å². The lowest BCUT2D eigenvalue weighted by molar-refractivity contribution is -0.120. The van der Waals surface area contributed by atoms with E-state index in [9.17, 15) is 9.59 Å². The molecule has 156 valence electrons. The molecular formula is C24H27N3O2S. The van der Waals surface area contributed by atoms with E-state index in [4.69, 9.17) is 4.98 Å². The zero-order valence-electron chi connectivity index (χ0n) is 17.4. The van der Waals surface area contributed by atoms with Crippen LogP contribution >= 0.6 is 11.8 Å². The summed E-state index contributed by atoms with van der Waals surface area (Å²) in [6.45, 7) is 4.87. The molecule has 0 bridgehead atoms. The molecule has 1 saturated carbocycles. The normalized spacial score (nSPS) is 14.8. The monoisotopic (exact) mass is 421 g/mol. The predicted molar refractivity (Wildman–Crippen MR) is 122 cm³/mol. The molecule has 0 radical (unpaired) electrons. The Morgan fingerprint density at radius 1 is 1.13 bits per heavy atom. The van der Waals surface area contributed by atoms with Crippen molar-refractivity contribution in [3.63, 3.8) is 0 Å². The number of para-hydroxylation sites is 1. The first-order valence-electron chi connectivity index (χ1n) is 10.5. The highest BCUT2D eigenvalue weighted by Crippen LogP contribution is 2.36. The smallest absolute Gasteiger partial charge is 0.262 e. The lowest BCUT2D eigenvalue weighted by Crippen LogP contribution is -2.31. The summed E-state index contributed by atoms with van der Waals surface area (Å²) in [6, 6.07) is 17.4. The van der Waals surface area contributed by atoms with Crippen LogP contribution in [0.3, 0.4) is 0 Å². The number of hydrogen-bond donors (Lipinski definition) is 1. The molecule has 1 aliphatic carbocycles. The summed E-state index contributed by atoms with van der Waals surface area (Å²) in [5.74, 6) is 0.441. The highest BCUT2D eigenvalue weighted by Gasteiger charge is 2.30. The van der Waals surface area contributed by atoms with Gasteiger partial charge in [-0.15, -0.1) is 0 Å². The van der Waals surface area contributed by atoms with Crippen LogP contribution in [0.4, 0.5) is 0 Å². The average Bonchev–Trinajstić information content (AvgIpc) is 3.56. The third-order valence-electron chi connectivity index (χ3n) is 5.24. The maximum absolute atomic E-state index is 13.2. The predicted octanol–water partition coefficient (Wildman–Crippen LogP) is 4.55. The van der Waals surface area contributed by atoms with Crippen LogP contribution in [-0.2, 0) is 11.3 Å². The first-order valence-corrected chi connectivity index (χ1v) is 11.4. The Hall–Kier alpha value is -2.60. The molecule has 1 aliphatic rings. The summed E-state index contributed by atoms with van der Waals surface area (Å²) < 4.78 is 1.74. The number of rotatable bonds is 8. The quantitative estimate of drug-likeness (QED) is 0.428. The first-order chi connectivity index (χ1) is 14.5. The molecule has 30 heavy (non-hydrogen) atoms. The number of aromatic nitrogens is 2. The molecule has 0 saturated heterocycles. The minimum atomic E-state index is -0.454. The van der Waals surface area contributed by atoms with E-state index in [2.05, 4.69) is 19.2 Å². The molecule has 1 aromatic heterocycles. The number of nitrogens with one attached hydrogen (secondary N) is 1. The molecule has 1 N–H and O–H groups in total. The number of carbonyl (C=O) groups is 1. The number of benzene rings is 2. The molecule has 5 nitrogen and oxygen atoms in total. The van der Waals surface area contributed by atoms with Gasteiger partial charge in [-0.05, 0) is 42.9 Å². The van der Waals surface area contributed by atoms with Crippen LogP contribution in [0.5, 0.6) is 0 Å². The SMILES string of the molecule is CC(C)CCn1c(S[C@@H](C(=O)NC2CC2)c2ccccc2)nc2ccccc2c1=O. The highest BCUT2D eigenvalue weighted by molar-refractivity contribution is 8.00. The van der Waals surface area contributed by atoms with Crippen molar-refractivity contribution in [2.24, 2.45) is 5.92 Å². The molecule has 2 aromatic carbocycles. The Labute approximate surface area is 180 Å².